The third-order valence-corrected chi connectivity index (χ3v) is 3.32. The predicted octanol–water partition coefficient (Wildman–Crippen LogP) is -1.09. The molecule has 0 amide bonds. The van der Waals surface area contributed by atoms with Crippen LogP contribution in [0.2, 0.25) is 0 Å². The first-order chi connectivity index (χ1) is 7.11. The highest BCUT2D eigenvalue weighted by Gasteiger charge is 2.53. The number of nitrogens with zero attached hydrogens (tertiary/aromatic N) is 3. The molecule has 7 nitrogen and oxygen atoms in total. The van der Waals surface area contributed by atoms with E-state index < -0.39 is 5.60 Å². The van der Waals surface area contributed by atoms with Crippen LogP contribution in [0.15, 0.2) is 4.52 Å². The van der Waals surface area contributed by atoms with E-state index in [1.807, 2.05) is 0 Å². The zero-order valence-corrected chi connectivity index (χ0v) is 7.96. The van der Waals surface area contributed by atoms with Crippen molar-refractivity contribution in [2.45, 2.75) is 30.9 Å². The van der Waals surface area contributed by atoms with Gasteiger partial charge in [0, 0.05) is 6.54 Å². The second kappa shape index (κ2) is 2.69. The van der Waals surface area contributed by atoms with E-state index in [2.05, 4.69) is 5.10 Å². The lowest BCUT2D eigenvalue weighted by Crippen LogP contribution is -2.45. The van der Waals surface area contributed by atoms with Crippen molar-refractivity contribution in [2.24, 2.45) is 0 Å². The number of aliphatic hydroxyl groups is 1. The molecule has 2 atom stereocenters. The molecule has 2 heterocycles. The summed E-state index contributed by atoms with van der Waals surface area (Å²) in [5.41, 5.74) is -0.952. The zero-order valence-electron chi connectivity index (χ0n) is 7.96. The number of aryl methyl sites for hydroxylation is 1. The molecule has 7 heteroatoms. The van der Waals surface area contributed by atoms with Crippen molar-refractivity contribution in [1.29, 1.82) is 0 Å². The monoisotopic (exact) mass is 213 g/mol. The maximum Gasteiger partial charge on any atom is 0.178 e. The standard InChI is InChI=1S/C8H11N3O4/c12-8-3-4-10(13)6(8)2-1-5-7(8)9-11(14)15-5/h6,12-13H,1-4H2. The van der Waals surface area contributed by atoms with Gasteiger partial charge in [0.2, 0.25) is 0 Å². The fraction of sp³-hybridized carbons (Fsp3) is 0.750. The molecule has 15 heavy (non-hydrogen) atoms. The lowest BCUT2D eigenvalue weighted by atomic mass is 9.82. The van der Waals surface area contributed by atoms with E-state index in [0.29, 0.717) is 31.6 Å². The predicted molar refractivity (Wildman–Crippen MR) is 44.6 cm³/mol. The van der Waals surface area contributed by atoms with Crippen LogP contribution in [-0.4, -0.2) is 33.1 Å². The fourth-order valence-corrected chi connectivity index (χ4v) is 2.57. The van der Waals surface area contributed by atoms with Gasteiger partial charge in [-0.2, -0.15) is 5.06 Å². The zero-order chi connectivity index (χ0) is 10.6. The molecule has 1 fully saturated rings. The van der Waals surface area contributed by atoms with Crippen molar-refractivity contribution in [3.63, 3.8) is 0 Å². The van der Waals surface area contributed by atoms with E-state index in [-0.39, 0.29) is 16.8 Å². The summed E-state index contributed by atoms with van der Waals surface area (Å²) in [5.74, 6) is 0.430. The molecule has 2 aliphatic rings. The minimum Gasteiger partial charge on any atom is -0.381 e. The van der Waals surface area contributed by atoms with E-state index in [1.54, 1.807) is 0 Å². The Balaban J connectivity index is 2.11. The molecule has 3 rings (SSSR count). The molecule has 1 aliphatic carbocycles. The lowest BCUT2D eigenvalue weighted by Gasteiger charge is -2.33. The van der Waals surface area contributed by atoms with Gasteiger partial charge in [-0.15, -0.1) is 0 Å². The van der Waals surface area contributed by atoms with Gasteiger partial charge in [-0.25, -0.2) is 5.21 Å². The van der Waals surface area contributed by atoms with Crippen LogP contribution in [0.5, 0.6) is 0 Å². The van der Waals surface area contributed by atoms with Crippen molar-refractivity contribution in [1.82, 2.24) is 10.2 Å². The van der Waals surface area contributed by atoms with Crippen molar-refractivity contribution in [3.8, 4) is 0 Å². The summed E-state index contributed by atoms with van der Waals surface area (Å²) in [6.07, 6.45) is 1.45. The van der Waals surface area contributed by atoms with E-state index >= 15 is 0 Å². The van der Waals surface area contributed by atoms with Gasteiger partial charge in [-0.1, -0.05) is 0 Å². The molecular formula is C8H11N3O4. The number of hydrogen-bond acceptors (Lipinski definition) is 6. The first-order valence-electron chi connectivity index (χ1n) is 4.89. The van der Waals surface area contributed by atoms with Gasteiger partial charge >= 0.3 is 0 Å². The quantitative estimate of drug-likeness (QED) is 0.531. The highest BCUT2D eigenvalue weighted by atomic mass is 16.7. The molecule has 1 aromatic rings. The number of rotatable bonds is 0. The maximum absolute atomic E-state index is 10.9. The highest BCUT2D eigenvalue weighted by molar-refractivity contribution is 5.23. The molecule has 2 N–H and O–H groups in total. The fourth-order valence-electron chi connectivity index (χ4n) is 2.57. The maximum atomic E-state index is 10.9. The molecule has 1 aromatic heterocycles. The smallest absolute Gasteiger partial charge is 0.178 e. The Bertz CT molecular complexity index is 407. The van der Waals surface area contributed by atoms with Crippen molar-refractivity contribution >= 4 is 0 Å². The van der Waals surface area contributed by atoms with Gasteiger partial charge in [0.15, 0.2) is 10.7 Å². The molecule has 0 spiro atoms. The van der Waals surface area contributed by atoms with Crippen molar-refractivity contribution < 1.29 is 19.9 Å². The SMILES string of the molecule is [O-][n+]1nc2c(o1)CCC1N(O)CCC21O. The number of aromatic nitrogens is 2. The Hall–Kier alpha value is -1.18. The van der Waals surface area contributed by atoms with Crippen LogP contribution >= 0.6 is 0 Å². The molecular weight excluding hydrogens is 202 g/mol. The third-order valence-electron chi connectivity index (χ3n) is 3.32. The van der Waals surface area contributed by atoms with Crippen LogP contribution in [-0.2, 0) is 12.0 Å². The minimum atomic E-state index is -1.23. The van der Waals surface area contributed by atoms with Crippen LogP contribution in [0.25, 0.3) is 0 Å². The normalized spacial score (nSPS) is 35.2. The molecule has 1 aliphatic heterocycles. The Labute approximate surface area is 85.0 Å². The Morgan fingerprint density at radius 1 is 1.67 bits per heavy atom. The topological polar surface area (TPSA) is 96.7 Å². The molecule has 0 aromatic carbocycles. The first-order valence-corrected chi connectivity index (χ1v) is 4.89. The van der Waals surface area contributed by atoms with Gasteiger partial charge in [0.1, 0.15) is 5.60 Å². The number of fused-ring (bicyclic) bond motifs is 3. The molecule has 82 valence electrons. The van der Waals surface area contributed by atoms with E-state index in [1.165, 1.54) is 0 Å². The van der Waals surface area contributed by atoms with Gasteiger partial charge in [-0.05, 0) is 19.3 Å². The average Bonchev–Trinajstić information content (AvgIpc) is 2.69. The first kappa shape index (κ1) is 9.08. The van der Waals surface area contributed by atoms with Gasteiger partial charge < -0.3 is 14.8 Å². The van der Waals surface area contributed by atoms with Gasteiger partial charge in [-0.3, -0.25) is 0 Å². The Morgan fingerprint density at radius 3 is 3.27 bits per heavy atom. The Kier molecular flexibility index (Phi) is 1.63. The summed E-state index contributed by atoms with van der Waals surface area (Å²) in [5, 5.41) is 35.7. The minimum absolute atomic E-state index is 0.116. The van der Waals surface area contributed by atoms with Gasteiger partial charge in [0.25, 0.3) is 0 Å². The van der Waals surface area contributed by atoms with Crippen LogP contribution in [0.4, 0.5) is 0 Å². The Morgan fingerprint density at radius 2 is 2.47 bits per heavy atom. The number of hydrogen-bond donors (Lipinski definition) is 2. The van der Waals surface area contributed by atoms with Crippen LogP contribution in [0.1, 0.15) is 24.3 Å². The average molecular weight is 213 g/mol. The molecule has 0 saturated carbocycles. The highest BCUT2D eigenvalue weighted by Crippen LogP contribution is 2.42. The van der Waals surface area contributed by atoms with Crippen LogP contribution < -0.4 is 5.02 Å². The van der Waals surface area contributed by atoms with E-state index in [0.717, 1.165) is 5.06 Å². The van der Waals surface area contributed by atoms with Crippen molar-refractivity contribution in [2.75, 3.05) is 6.54 Å². The van der Waals surface area contributed by atoms with E-state index in [4.69, 9.17) is 4.52 Å². The molecule has 0 radical (unpaired) electrons. The largest absolute Gasteiger partial charge is 0.381 e. The van der Waals surface area contributed by atoms with Crippen LogP contribution in [0, 0.1) is 5.21 Å². The third kappa shape index (κ3) is 1.05. The summed E-state index contributed by atoms with van der Waals surface area (Å²) in [6, 6.07) is -0.380. The second-order valence-electron chi connectivity index (χ2n) is 4.09. The second-order valence-corrected chi connectivity index (χ2v) is 4.09. The summed E-state index contributed by atoms with van der Waals surface area (Å²) in [6.45, 7) is 0.381. The molecule has 1 saturated heterocycles. The lowest BCUT2D eigenvalue weighted by molar-refractivity contribution is -0.841. The summed E-state index contributed by atoms with van der Waals surface area (Å²) >= 11 is 0. The summed E-state index contributed by atoms with van der Waals surface area (Å²) in [7, 11) is 0. The van der Waals surface area contributed by atoms with Crippen LogP contribution in [0.3, 0.4) is 0 Å². The number of hydroxylamine groups is 2. The summed E-state index contributed by atoms with van der Waals surface area (Å²) in [4.78, 5) is 0. The van der Waals surface area contributed by atoms with E-state index in [9.17, 15) is 15.5 Å². The van der Waals surface area contributed by atoms with Gasteiger partial charge in [0.05, 0.1) is 16.9 Å². The summed E-state index contributed by atoms with van der Waals surface area (Å²) < 4.78 is 4.80. The molecule has 0 bridgehead atoms. The van der Waals surface area contributed by atoms with Crippen molar-refractivity contribution in [3.05, 3.63) is 16.7 Å². The molecule has 2 unspecified atom stereocenters.